The van der Waals surface area contributed by atoms with E-state index in [1.165, 1.54) is 12.1 Å². The van der Waals surface area contributed by atoms with Gasteiger partial charge in [0, 0.05) is 18.8 Å². The van der Waals surface area contributed by atoms with Gasteiger partial charge in [0.2, 0.25) is 0 Å². The molecule has 3 rings (SSSR count). The van der Waals surface area contributed by atoms with E-state index >= 15 is 0 Å². The van der Waals surface area contributed by atoms with Crippen molar-refractivity contribution < 1.29 is 27.4 Å². The number of halogens is 3. The molecule has 29 heavy (non-hydrogen) atoms. The van der Waals surface area contributed by atoms with Gasteiger partial charge < -0.3 is 14.4 Å². The van der Waals surface area contributed by atoms with E-state index in [4.69, 9.17) is 9.47 Å². The Hall–Kier alpha value is -2.74. The largest absolute Gasteiger partial charge is 0.490 e. The fraction of sp³-hybridized carbons (Fsp3) is 0.381. The normalized spacial score (nSPS) is 15.7. The number of hydrogen-bond donors (Lipinski definition) is 1. The zero-order valence-corrected chi connectivity index (χ0v) is 16.0. The van der Waals surface area contributed by atoms with Crippen LogP contribution in [0.3, 0.4) is 0 Å². The first-order valence-electron chi connectivity index (χ1n) is 9.49. The number of para-hydroxylation sites is 1. The zero-order chi connectivity index (χ0) is 20.9. The van der Waals surface area contributed by atoms with Gasteiger partial charge in [-0.05, 0) is 49.7 Å². The number of ether oxygens (including phenoxy) is 2. The summed E-state index contributed by atoms with van der Waals surface area (Å²) in [6.07, 6.45) is -4.39. The zero-order valence-electron chi connectivity index (χ0n) is 16.0. The molecule has 0 aliphatic carbocycles. The van der Waals surface area contributed by atoms with Crippen LogP contribution in [0.25, 0.3) is 0 Å². The highest BCUT2D eigenvalue weighted by Crippen LogP contribution is 2.39. The third-order valence-corrected chi connectivity index (χ3v) is 4.76. The molecule has 5 nitrogen and oxygen atoms in total. The van der Waals surface area contributed by atoms with Crippen molar-refractivity contribution in [1.29, 1.82) is 0 Å². The minimum Gasteiger partial charge on any atom is -0.490 e. The third-order valence-electron chi connectivity index (χ3n) is 4.76. The summed E-state index contributed by atoms with van der Waals surface area (Å²) in [6.45, 7) is 4.57. The predicted molar refractivity (Wildman–Crippen MR) is 103 cm³/mol. The van der Waals surface area contributed by atoms with Crippen LogP contribution in [0.2, 0.25) is 0 Å². The molecule has 1 fully saturated rings. The molecule has 0 spiro atoms. The van der Waals surface area contributed by atoms with Gasteiger partial charge in [-0.3, -0.25) is 5.32 Å². The van der Waals surface area contributed by atoms with Crippen molar-refractivity contribution in [3.63, 3.8) is 0 Å². The molecule has 0 atom stereocenters. The number of likely N-dealkylation sites (tertiary alicyclic amines) is 1. The van der Waals surface area contributed by atoms with Crippen LogP contribution >= 0.6 is 0 Å². The van der Waals surface area contributed by atoms with Gasteiger partial charge in [0.1, 0.15) is 17.6 Å². The first kappa shape index (κ1) is 21.0. The molecule has 2 aromatic rings. The van der Waals surface area contributed by atoms with Crippen LogP contribution in [-0.4, -0.2) is 36.7 Å². The van der Waals surface area contributed by atoms with E-state index in [9.17, 15) is 18.0 Å². The van der Waals surface area contributed by atoms with Crippen molar-refractivity contribution in [3.05, 3.63) is 54.1 Å². The van der Waals surface area contributed by atoms with Gasteiger partial charge in [0.15, 0.2) is 0 Å². The fourth-order valence-corrected chi connectivity index (χ4v) is 3.19. The minimum absolute atomic E-state index is 0.0218. The number of anilines is 1. The van der Waals surface area contributed by atoms with E-state index in [1.807, 2.05) is 0 Å². The van der Waals surface area contributed by atoms with Gasteiger partial charge in [-0.2, -0.15) is 13.2 Å². The number of nitrogens with zero attached hydrogens (tertiary/aromatic N) is 1. The molecule has 1 N–H and O–H groups in total. The lowest BCUT2D eigenvalue weighted by Gasteiger charge is -2.31. The molecule has 0 aromatic heterocycles. The Balaban J connectivity index is 1.70. The topological polar surface area (TPSA) is 50.8 Å². The smallest absolute Gasteiger partial charge is 0.420 e. The summed E-state index contributed by atoms with van der Waals surface area (Å²) in [5.74, 6) is 0.0637. The Morgan fingerprint density at radius 3 is 2.45 bits per heavy atom. The second-order valence-corrected chi connectivity index (χ2v) is 6.79. The summed E-state index contributed by atoms with van der Waals surface area (Å²) >= 11 is 0. The number of carbonyl (C=O) groups excluding carboxylic acids is 1. The van der Waals surface area contributed by atoms with Gasteiger partial charge in [0.05, 0.1) is 5.56 Å². The van der Waals surface area contributed by atoms with E-state index in [-0.39, 0.29) is 17.5 Å². The Bertz CT molecular complexity index is 820. The Labute approximate surface area is 167 Å². The summed E-state index contributed by atoms with van der Waals surface area (Å²) < 4.78 is 51.4. The lowest BCUT2D eigenvalue weighted by molar-refractivity contribution is -0.139. The Morgan fingerprint density at radius 1 is 1.14 bits per heavy atom. The lowest BCUT2D eigenvalue weighted by Crippen LogP contribution is -2.38. The molecule has 156 valence electrons. The van der Waals surface area contributed by atoms with Crippen LogP contribution in [0.1, 0.15) is 25.3 Å². The van der Waals surface area contributed by atoms with E-state index in [0.29, 0.717) is 18.6 Å². The Kier molecular flexibility index (Phi) is 6.64. The maximum Gasteiger partial charge on any atom is 0.420 e. The van der Waals surface area contributed by atoms with Gasteiger partial charge in [0.25, 0.3) is 0 Å². The third kappa shape index (κ3) is 5.87. The molecule has 1 amide bonds. The van der Waals surface area contributed by atoms with Crippen LogP contribution in [0, 0.1) is 0 Å². The van der Waals surface area contributed by atoms with Gasteiger partial charge in [-0.1, -0.05) is 25.1 Å². The number of carbonyl (C=O) groups is 1. The van der Waals surface area contributed by atoms with E-state index in [2.05, 4.69) is 17.1 Å². The quantitative estimate of drug-likeness (QED) is 0.741. The van der Waals surface area contributed by atoms with E-state index in [0.717, 1.165) is 25.7 Å². The highest BCUT2D eigenvalue weighted by atomic mass is 19.4. The number of amides is 1. The number of benzene rings is 2. The molecule has 0 radical (unpaired) electrons. The standard InChI is InChI=1S/C21H23F3N2O3/c1-2-26-12-10-17(11-13-26)28-19-9-8-15(14-18(19)21(22,23)24)25-20(27)29-16-6-4-3-5-7-16/h3-9,14,17H,2,10-13H2,1H3,(H,25,27). The average molecular weight is 408 g/mol. The summed E-state index contributed by atoms with van der Waals surface area (Å²) in [5, 5.41) is 2.32. The average Bonchev–Trinajstić information content (AvgIpc) is 2.69. The van der Waals surface area contributed by atoms with E-state index < -0.39 is 17.8 Å². The highest BCUT2D eigenvalue weighted by Gasteiger charge is 2.36. The van der Waals surface area contributed by atoms with Crippen LogP contribution in [0.5, 0.6) is 11.5 Å². The van der Waals surface area contributed by atoms with Gasteiger partial charge in [-0.25, -0.2) is 4.79 Å². The van der Waals surface area contributed by atoms with Crippen molar-refractivity contribution in [2.75, 3.05) is 25.0 Å². The number of hydrogen-bond acceptors (Lipinski definition) is 4. The lowest BCUT2D eigenvalue weighted by atomic mass is 10.1. The van der Waals surface area contributed by atoms with Gasteiger partial charge in [-0.15, -0.1) is 0 Å². The van der Waals surface area contributed by atoms with Crippen molar-refractivity contribution in [1.82, 2.24) is 4.90 Å². The molecule has 1 aliphatic heterocycles. The summed E-state index contributed by atoms with van der Waals surface area (Å²) in [4.78, 5) is 14.2. The molecule has 0 unspecified atom stereocenters. The predicted octanol–water partition coefficient (Wildman–Crippen LogP) is 5.18. The van der Waals surface area contributed by atoms with Crippen molar-refractivity contribution >= 4 is 11.8 Å². The molecule has 1 heterocycles. The fourth-order valence-electron chi connectivity index (χ4n) is 3.19. The molecule has 1 saturated heterocycles. The molecule has 0 saturated carbocycles. The van der Waals surface area contributed by atoms with Crippen LogP contribution in [0.15, 0.2) is 48.5 Å². The van der Waals surface area contributed by atoms with Crippen LogP contribution < -0.4 is 14.8 Å². The van der Waals surface area contributed by atoms with Crippen molar-refractivity contribution in [2.45, 2.75) is 32.0 Å². The molecular weight excluding hydrogens is 385 g/mol. The summed E-state index contributed by atoms with van der Waals surface area (Å²) in [5.41, 5.74) is -0.945. The molecule has 0 bridgehead atoms. The summed E-state index contributed by atoms with van der Waals surface area (Å²) in [7, 11) is 0. The van der Waals surface area contributed by atoms with Gasteiger partial charge >= 0.3 is 12.3 Å². The molecule has 1 aliphatic rings. The number of rotatable bonds is 5. The van der Waals surface area contributed by atoms with E-state index in [1.54, 1.807) is 30.3 Å². The maximum absolute atomic E-state index is 13.6. The van der Waals surface area contributed by atoms with Crippen LogP contribution in [0.4, 0.5) is 23.7 Å². The highest BCUT2D eigenvalue weighted by molar-refractivity contribution is 5.86. The number of nitrogens with one attached hydrogen (secondary N) is 1. The van der Waals surface area contributed by atoms with Crippen molar-refractivity contribution in [3.8, 4) is 11.5 Å². The molecule has 8 heteroatoms. The number of piperidine rings is 1. The molecule has 2 aromatic carbocycles. The summed E-state index contributed by atoms with van der Waals surface area (Å²) in [6, 6.07) is 11.7. The second-order valence-electron chi connectivity index (χ2n) is 6.79. The minimum atomic E-state index is -4.61. The number of alkyl halides is 3. The first-order chi connectivity index (χ1) is 13.8. The monoisotopic (exact) mass is 408 g/mol. The SMILES string of the molecule is CCN1CCC(Oc2ccc(NC(=O)Oc3ccccc3)cc2C(F)(F)F)CC1. The first-order valence-corrected chi connectivity index (χ1v) is 9.49. The maximum atomic E-state index is 13.6. The van der Waals surface area contributed by atoms with Crippen molar-refractivity contribution in [2.24, 2.45) is 0 Å². The molecular formula is C21H23F3N2O3. The second kappa shape index (κ2) is 9.17. The Morgan fingerprint density at radius 2 is 1.83 bits per heavy atom. The van der Waals surface area contributed by atoms with Crippen LogP contribution in [-0.2, 0) is 6.18 Å².